The molecular weight excluding hydrogens is 194 g/mol. The third-order valence-corrected chi connectivity index (χ3v) is 2.31. The fourth-order valence-corrected chi connectivity index (χ4v) is 0.983. The predicted molar refractivity (Wildman–Crippen MR) is 56.9 cm³/mol. The van der Waals surface area contributed by atoms with Crippen molar-refractivity contribution in [1.82, 2.24) is 9.97 Å². The van der Waals surface area contributed by atoms with E-state index in [0.29, 0.717) is 11.7 Å². The molecule has 1 heterocycles. The summed E-state index contributed by atoms with van der Waals surface area (Å²) in [6.07, 6.45) is 2.63. The molecule has 0 saturated carbocycles. The average molecular weight is 209 g/mol. The van der Waals surface area contributed by atoms with Crippen LogP contribution in [-0.2, 0) is 0 Å². The van der Waals surface area contributed by atoms with Gasteiger partial charge < -0.3 is 10.4 Å². The first kappa shape index (κ1) is 11.4. The Morgan fingerprint density at radius 1 is 1.47 bits per heavy atom. The molecule has 15 heavy (non-hydrogen) atoms. The molecule has 5 heteroatoms. The zero-order chi connectivity index (χ0) is 11.4. The van der Waals surface area contributed by atoms with Crippen LogP contribution in [0.25, 0.3) is 0 Å². The first-order chi connectivity index (χ1) is 7.02. The first-order valence-electron chi connectivity index (χ1n) is 4.82. The van der Waals surface area contributed by atoms with Gasteiger partial charge in [0.1, 0.15) is 17.7 Å². The monoisotopic (exact) mass is 209 g/mol. The largest absolute Gasteiger partial charge is 0.477 e. The number of aromatic carboxylic acids is 1. The molecule has 1 aromatic rings. The maximum absolute atomic E-state index is 10.9. The molecule has 1 rings (SSSR count). The lowest BCUT2D eigenvalue weighted by Crippen LogP contribution is -2.23. The number of anilines is 1. The van der Waals surface area contributed by atoms with Gasteiger partial charge in [0.25, 0.3) is 0 Å². The van der Waals surface area contributed by atoms with Crippen LogP contribution in [0.3, 0.4) is 0 Å². The summed E-state index contributed by atoms with van der Waals surface area (Å²) in [5, 5.41) is 12.0. The van der Waals surface area contributed by atoms with Crippen molar-refractivity contribution in [2.75, 3.05) is 5.32 Å². The van der Waals surface area contributed by atoms with Gasteiger partial charge in [0, 0.05) is 12.2 Å². The van der Waals surface area contributed by atoms with Crippen molar-refractivity contribution in [2.45, 2.75) is 26.8 Å². The van der Waals surface area contributed by atoms with E-state index in [1.807, 2.05) is 6.92 Å². The van der Waals surface area contributed by atoms with Gasteiger partial charge in [-0.15, -0.1) is 0 Å². The molecular formula is C10H15N3O2. The molecule has 1 unspecified atom stereocenters. The van der Waals surface area contributed by atoms with E-state index in [1.165, 1.54) is 12.5 Å². The Bertz CT molecular complexity index is 352. The van der Waals surface area contributed by atoms with E-state index >= 15 is 0 Å². The minimum atomic E-state index is -1.02. The van der Waals surface area contributed by atoms with Crippen LogP contribution in [0.1, 0.15) is 31.1 Å². The second-order valence-electron chi connectivity index (χ2n) is 3.77. The summed E-state index contributed by atoms with van der Waals surface area (Å²) in [4.78, 5) is 18.5. The summed E-state index contributed by atoms with van der Waals surface area (Å²) in [6, 6.07) is 0.165. The van der Waals surface area contributed by atoms with Crippen LogP contribution in [0.5, 0.6) is 0 Å². The maximum Gasteiger partial charge on any atom is 0.341 e. The van der Waals surface area contributed by atoms with E-state index in [9.17, 15) is 4.79 Å². The Balaban J connectivity index is 2.89. The van der Waals surface area contributed by atoms with Crippen LogP contribution < -0.4 is 5.32 Å². The Kier molecular flexibility index (Phi) is 3.60. The number of nitrogens with one attached hydrogen (secondary N) is 1. The number of hydrogen-bond acceptors (Lipinski definition) is 4. The van der Waals surface area contributed by atoms with Gasteiger partial charge in [-0.2, -0.15) is 0 Å². The van der Waals surface area contributed by atoms with Crippen molar-refractivity contribution in [3.8, 4) is 0 Å². The van der Waals surface area contributed by atoms with Crippen molar-refractivity contribution < 1.29 is 9.90 Å². The molecule has 0 saturated heterocycles. The van der Waals surface area contributed by atoms with Gasteiger partial charge in [0.15, 0.2) is 0 Å². The Labute approximate surface area is 88.6 Å². The zero-order valence-electron chi connectivity index (χ0n) is 9.06. The topological polar surface area (TPSA) is 75.1 Å². The standard InChI is InChI=1S/C10H15N3O2/c1-6(2)7(3)13-9-8(10(14)15)4-11-5-12-9/h4-7H,1-3H3,(H,14,15)(H,11,12,13). The van der Waals surface area contributed by atoms with Crippen LogP contribution in [0, 0.1) is 5.92 Å². The van der Waals surface area contributed by atoms with Crippen LogP contribution in [0.15, 0.2) is 12.5 Å². The van der Waals surface area contributed by atoms with Crippen LogP contribution in [-0.4, -0.2) is 27.1 Å². The van der Waals surface area contributed by atoms with E-state index in [4.69, 9.17) is 5.11 Å². The smallest absolute Gasteiger partial charge is 0.341 e. The first-order valence-corrected chi connectivity index (χ1v) is 4.82. The fraction of sp³-hybridized carbons (Fsp3) is 0.500. The number of carboxylic acids is 1. The summed E-state index contributed by atoms with van der Waals surface area (Å²) in [6.45, 7) is 6.09. The second kappa shape index (κ2) is 4.72. The third-order valence-electron chi connectivity index (χ3n) is 2.31. The van der Waals surface area contributed by atoms with Crippen LogP contribution >= 0.6 is 0 Å². The van der Waals surface area contributed by atoms with Crippen molar-refractivity contribution in [2.24, 2.45) is 5.92 Å². The molecule has 0 aliphatic carbocycles. The van der Waals surface area contributed by atoms with E-state index < -0.39 is 5.97 Å². The Hall–Kier alpha value is -1.65. The minimum Gasteiger partial charge on any atom is -0.477 e. The molecule has 0 aromatic carbocycles. The maximum atomic E-state index is 10.9. The van der Waals surface area contributed by atoms with E-state index in [1.54, 1.807) is 0 Å². The molecule has 0 spiro atoms. The van der Waals surface area contributed by atoms with Gasteiger partial charge in [-0.1, -0.05) is 13.8 Å². The zero-order valence-corrected chi connectivity index (χ0v) is 9.06. The molecule has 0 aliphatic heterocycles. The van der Waals surface area contributed by atoms with E-state index in [2.05, 4.69) is 29.1 Å². The van der Waals surface area contributed by atoms with Gasteiger partial charge in [-0.25, -0.2) is 14.8 Å². The second-order valence-corrected chi connectivity index (χ2v) is 3.77. The van der Waals surface area contributed by atoms with Crippen molar-refractivity contribution in [1.29, 1.82) is 0 Å². The Morgan fingerprint density at radius 2 is 2.13 bits per heavy atom. The molecule has 0 aliphatic rings. The summed E-state index contributed by atoms with van der Waals surface area (Å²) in [5.41, 5.74) is 0.102. The number of aromatic nitrogens is 2. The number of nitrogens with zero attached hydrogens (tertiary/aromatic N) is 2. The van der Waals surface area contributed by atoms with E-state index in [-0.39, 0.29) is 11.6 Å². The Morgan fingerprint density at radius 3 is 2.67 bits per heavy atom. The lowest BCUT2D eigenvalue weighted by molar-refractivity contribution is 0.0697. The van der Waals surface area contributed by atoms with E-state index in [0.717, 1.165) is 0 Å². The molecule has 0 amide bonds. The molecule has 0 radical (unpaired) electrons. The summed E-state index contributed by atoms with van der Waals surface area (Å²) in [7, 11) is 0. The number of carboxylic acid groups (broad SMARTS) is 1. The van der Waals surface area contributed by atoms with Gasteiger partial charge in [0.05, 0.1) is 0 Å². The SMILES string of the molecule is CC(C)C(C)Nc1ncncc1C(=O)O. The van der Waals surface area contributed by atoms with Crippen molar-refractivity contribution in [3.63, 3.8) is 0 Å². The highest BCUT2D eigenvalue weighted by molar-refractivity contribution is 5.92. The van der Waals surface area contributed by atoms with Gasteiger partial charge in [-0.3, -0.25) is 0 Å². The van der Waals surface area contributed by atoms with Gasteiger partial charge in [0.2, 0.25) is 0 Å². The normalized spacial score (nSPS) is 12.5. The highest BCUT2D eigenvalue weighted by Gasteiger charge is 2.14. The molecule has 2 N–H and O–H groups in total. The lowest BCUT2D eigenvalue weighted by Gasteiger charge is -2.18. The minimum absolute atomic E-state index is 0.102. The lowest BCUT2D eigenvalue weighted by atomic mass is 10.1. The number of rotatable bonds is 4. The third kappa shape index (κ3) is 2.90. The quantitative estimate of drug-likeness (QED) is 0.788. The van der Waals surface area contributed by atoms with Gasteiger partial charge in [-0.05, 0) is 12.8 Å². The number of hydrogen-bond donors (Lipinski definition) is 2. The summed E-state index contributed by atoms with van der Waals surface area (Å²) in [5.74, 6) is -0.241. The summed E-state index contributed by atoms with van der Waals surface area (Å²) >= 11 is 0. The molecule has 1 atom stereocenters. The van der Waals surface area contributed by atoms with Crippen molar-refractivity contribution in [3.05, 3.63) is 18.1 Å². The highest BCUT2D eigenvalue weighted by atomic mass is 16.4. The fourth-order valence-electron chi connectivity index (χ4n) is 0.983. The number of carbonyl (C=O) groups is 1. The molecule has 5 nitrogen and oxygen atoms in total. The molecule has 0 fully saturated rings. The summed E-state index contributed by atoms with van der Waals surface area (Å²) < 4.78 is 0. The van der Waals surface area contributed by atoms with Gasteiger partial charge >= 0.3 is 5.97 Å². The molecule has 1 aromatic heterocycles. The molecule has 82 valence electrons. The molecule has 0 bridgehead atoms. The van der Waals surface area contributed by atoms with Crippen LogP contribution in [0.2, 0.25) is 0 Å². The highest BCUT2D eigenvalue weighted by Crippen LogP contribution is 2.13. The van der Waals surface area contributed by atoms with Crippen LogP contribution in [0.4, 0.5) is 5.82 Å². The van der Waals surface area contributed by atoms with Crippen molar-refractivity contribution >= 4 is 11.8 Å². The average Bonchev–Trinajstić information content (AvgIpc) is 2.18. The predicted octanol–water partition coefficient (Wildman–Crippen LogP) is 1.63.